The van der Waals surface area contributed by atoms with Crippen molar-refractivity contribution in [3.63, 3.8) is 0 Å². The predicted octanol–water partition coefficient (Wildman–Crippen LogP) is 4.67. The molecule has 0 aliphatic heterocycles. The largest absolute Gasteiger partial charge is 0.312 e. The van der Waals surface area contributed by atoms with Crippen molar-refractivity contribution in [3.8, 4) is 0 Å². The van der Waals surface area contributed by atoms with Crippen LogP contribution in [0, 0.1) is 0 Å². The van der Waals surface area contributed by atoms with Crippen molar-refractivity contribution in [2.45, 2.75) is 77.7 Å². The average Bonchev–Trinajstić information content (AvgIpc) is 2.83. The molecule has 0 saturated carbocycles. The molecule has 1 aliphatic rings. The lowest BCUT2D eigenvalue weighted by atomic mass is 10.0. The number of hydrogen-bond donors (Lipinski definition) is 1. The van der Waals surface area contributed by atoms with Crippen molar-refractivity contribution in [3.05, 3.63) is 34.9 Å². The molecule has 0 radical (unpaired) electrons. The number of fused-ring (bicyclic) bond motifs is 1. The van der Waals surface area contributed by atoms with E-state index < -0.39 is 0 Å². The Balaban J connectivity index is 1.57. The van der Waals surface area contributed by atoms with Gasteiger partial charge in [-0.2, -0.15) is 0 Å². The molecule has 0 amide bonds. The van der Waals surface area contributed by atoms with Gasteiger partial charge in [0.05, 0.1) is 0 Å². The standard InChI is InChI=1S/C19H31N/c1-19(2,3)20-14-7-5-4-6-9-16-12-13-17-10-8-11-18(17)15-16/h12-13,15,20H,4-11,14H2,1-3H3. The minimum absolute atomic E-state index is 0.268. The fourth-order valence-electron chi connectivity index (χ4n) is 3.05. The summed E-state index contributed by atoms with van der Waals surface area (Å²) in [5, 5.41) is 3.56. The summed E-state index contributed by atoms with van der Waals surface area (Å²) in [6, 6.07) is 7.18. The topological polar surface area (TPSA) is 12.0 Å². The first-order chi connectivity index (χ1) is 9.54. The van der Waals surface area contributed by atoms with Crippen molar-refractivity contribution < 1.29 is 0 Å². The fraction of sp³-hybridized carbons (Fsp3) is 0.684. The maximum atomic E-state index is 3.56. The summed E-state index contributed by atoms with van der Waals surface area (Å²) < 4.78 is 0. The number of benzene rings is 1. The zero-order chi connectivity index (χ0) is 14.4. The molecule has 112 valence electrons. The molecule has 1 aliphatic carbocycles. The Bertz CT molecular complexity index is 414. The number of hydrogen-bond acceptors (Lipinski definition) is 1. The van der Waals surface area contributed by atoms with E-state index in [9.17, 15) is 0 Å². The van der Waals surface area contributed by atoms with E-state index in [0.717, 1.165) is 6.54 Å². The summed E-state index contributed by atoms with van der Waals surface area (Å²) in [7, 11) is 0. The highest BCUT2D eigenvalue weighted by Crippen LogP contribution is 2.23. The van der Waals surface area contributed by atoms with Gasteiger partial charge in [-0.25, -0.2) is 0 Å². The molecule has 0 heterocycles. The monoisotopic (exact) mass is 273 g/mol. The Morgan fingerprint density at radius 1 is 0.950 bits per heavy atom. The van der Waals surface area contributed by atoms with Gasteiger partial charge in [0.2, 0.25) is 0 Å². The van der Waals surface area contributed by atoms with Crippen LogP contribution in [0.25, 0.3) is 0 Å². The van der Waals surface area contributed by atoms with Gasteiger partial charge < -0.3 is 5.32 Å². The highest BCUT2D eigenvalue weighted by atomic mass is 14.9. The number of nitrogens with one attached hydrogen (secondary N) is 1. The van der Waals surface area contributed by atoms with Gasteiger partial charge in [-0.15, -0.1) is 0 Å². The molecule has 0 fully saturated rings. The molecular weight excluding hydrogens is 242 g/mol. The lowest BCUT2D eigenvalue weighted by Crippen LogP contribution is -2.36. The summed E-state index contributed by atoms with van der Waals surface area (Å²) in [4.78, 5) is 0. The van der Waals surface area contributed by atoms with Gasteiger partial charge in [0.1, 0.15) is 0 Å². The van der Waals surface area contributed by atoms with Crippen LogP contribution in [0.4, 0.5) is 0 Å². The maximum Gasteiger partial charge on any atom is 0.00965 e. The second-order valence-electron chi connectivity index (χ2n) is 7.30. The van der Waals surface area contributed by atoms with E-state index in [0.29, 0.717) is 0 Å². The van der Waals surface area contributed by atoms with Crippen LogP contribution >= 0.6 is 0 Å². The van der Waals surface area contributed by atoms with Gasteiger partial charge in [0.25, 0.3) is 0 Å². The summed E-state index contributed by atoms with van der Waals surface area (Å²) in [5.41, 5.74) is 5.04. The van der Waals surface area contributed by atoms with Crippen LogP contribution in [-0.4, -0.2) is 12.1 Å². The normalized spacial score (nSPS) is 14.6. The van der Waals surface area contributed by atoms with E-state index in [1.807, 2.05) is 0 Å². The zero-order valence-corrected chi connectivity index (χ0v) is 13.6. The van der Waals surface area contributed by atoms with E-state index in [1.165, 1.54) is 51.4 Å². The van der Waals surface area contributed by atoms with Crippen LogP contribution in [0.1, 0.15) is 69.6 Å². The molecule has 0 atom stereocenters. The van der Waals surface area contributed by atoms with Gasteiger partial charge in [-0.3, -0.25) is 0 Å². The summed E-state index contributed by atoms with van der Waals surface area (Å²) in [6.07, 6.45) is 10.6. The Hall–Kier alpha value is -0.820. The van der Waals surface area contributed by atoms with Gasteiger partial charge in [-0.05, 0) is 82.5 Å². The molecular formula is C19H31N. The minimum atomic E-state index is 0.268. The third-order valence-electron chi connectivity index (χ3n) is 4.21. The lowest BCUT2D eigenvalue weighted by molar-refractivity contribution is 0.416. The van der Waals surface area contributed by atoms with E-state index in [4.69, 9.17) is 0 Å². The molecule has 1 N–H and O–H groups in total. The molecule has 0 bridgehead atoms. The molecule has 0 spiro atoms. The van der Waals surface area contributed by atoms with E-state index in [-0.39, 0.29) is 5.54 Å². The van der Waals surface area contributed by atoms with Crippen molar-refractivity contribution >= 4 is 0 Å². The highest BCUT2D eigenvalue weighted by Gasteiger charge is 2.10. The Morgan fingerprint density at radius 3 is 2.50 bits per heavy atom. The Morgan fingerprint density at radius 2 is 1.70 bits per heavy atom. The number of unbranched alkanes of at least 4 members (excludes halogenated alkanes) is 3. The predicted molar refractivity (Wildman–Crippen MR) is 88.4 cm³/mol. The SMILES string of the molecule is CC(C)(C)NCCCCCCc1ccc2c(c1)CCC2. The molecule has 0 unspecified atom stereocenters. The van der Waals surface area contributed by atoms with Crippen LogP contribution in [0.15, 0.2) is 18.2 Å². The van der Waals surface area contributed by atoms with Gasteiger partial charge in [-0.1, -0.05) is 31.0 Å². The fourth-order valence-corrected chi connectivity index (χ4v) is 3.05. The molecule has 1 aromatic rings. The average molecular weight is 273 g/mol. The molecule has 0 saturated heterocycles. The van der Waals surface area contributed by atoms with Gasteiger partial charge in [0, 0.05) is 5.54 Å². The van der Waals surface area contributed by atoms with Crippen LogP contribution < -0.4 is 5.32 Å². The molecule has 0 aromatic heterocycles. The van der Waals surface area contributed by atoms with Crippen molar-refractivity contribution in [2.75, 3.05) is 6.54 Å². The number of rotatable bonds is 7. The van der Waals surface area contributed by atoms with E-state index in [2.05, 4.69) is 44.3 Å². The third-order valence-corrected chi connectivity index (χ3v) is 4.21. The number of aryl methyl sites for hydroxylation is 3. The molecule has 1 aromatic carbocycles. The highest BCUT2D eigenvalue weighted by molar-refractivity contribution is 5.35. The first-order valence-corrected chi connectivity index (χ1v) is 8.40. The Labute approximate surface area is 125 Å². The van der Waals surface area contributed by atoms with Gasteiger partial charge >= 0.3 is 0 Å². The van der Waals surface area contributed by atoms with Crippen molar-refractivity contribution in [2.24, 2.45) is 0 Å². The molecule has 1 heteroatoms. The summed E-state index contributed by atoms with van der Waals surface area (Å²) in [6.45, 7) is 7.87. The second kappa shape index (κ2) is 7.26. The molecule has 2 rings (SSSR count). The van der Waals surface area contributed by atoms with Crippen LogP contribution in [0.5, 0.6) is 0 Å². The van der Waals surface area contributed by atoms with Crippen molar-refractivity contribution in [1.29, 1.82) is 0 Å². The van der Waals surface area contributed by atoms with Gasteiger partial charge in [0.15, 0.2) is 0 Å². The third kappa shape index (κ3) is 5.28. The minimum Gasteiger partial charge on any atom is -0.312 e. The van der Waals surface area contributed by atoms with Crippen LogP contribution in [0.2, 0.25) is 0 Å². The quantitative estimate of drug-likeness (QED) is 0.712. The smallest absolute Gasteiger partial charge is 0.00965 e. The summed E-state index contributed by atoms with van der Waals surface area (Å²) in [5.74, 6) is 0. The maximum absolute atomic E-state index is 3.56. The second-order valence-corrected chi connectivity index (χ2v) is 7.30. The van der Waals surface area contributed by atoms with E-state index >= 15 is 0 Å². The van der Waals surface area contributed by atoms with Crippen LogP contribution in [-0.2, 0) is 19.3 Å². The van der Waals surface area contributed by atoms with E-state index in [1.54, 1.807) is 16.7 Å². The first-order valence-electron chi connectivity index (χ1n) is 8.40. The molecule has 1 nitrogen and oxygen atoms in total. The molecule has 20 heavy (non-hydrogen) atoms. The Kier molecular flexibility index (Phi) is 5.65. The first kappa shape index (κ1) is 15.6. The van der Waals surface area contributed by atoms with Crippen LogP contribution in [0.3, 0.4) is 0 Å². The lowest BCUT2D eigenvalue weighted by Gasteiger charge is -2.20. The zero-order valence-electron chi connectivity index (χ0n) is 13.6. The summed E-state index contributed by atoms with van der Waals surface area (Å²) >= 11 is 0. The van der Waals surface area contributed by atoms with Crippen molar-refractivity contribution in [1.82, 2.24) is 5.32 Å².